The van der Waals surface area contributed by atoms with Crippen LogP contribution in [0.25, 0.3) is 0 Å². The monoisotopic (exact) mass is 249 g/mol. The van der Waals surface area contributed by atoms with E-state index >= 15 is 0 Å². The van der Waals surface area contributed by atoms with E-state index in [1.807, 2.05) is 13.2 Å². The molecule has 1 aromatic rings. The Morgan fingerprint density at radius 3 is 2.39 bits per heavy atom. The number of nitrogens with zero attached hydrogens (tertiary/aromatic N) is 2. The van der Waals surface area contributed by atoms with E-state index in [2.05, 4.69) is 69.0 Å². The second kappa shape index (κ2) is 5.70. The van der Waals surface area contributed by atoms with E-state index in [9.17, 15) is 0 Å². The zero-order valence-corrected chi connectivity index (χ0v) is 12.8. The lowest BCUT2D eigenvalue weighted by Crippen LogP contribution is -2.39. The van der Waals surface area contributed by atoms with Gasteiger partial charge < -0.3 is 10.2 Å². The molecule has 102 valence electrons. The van der Waals surface area contributed by atoms with E-state index in [4.69, 9.17) is 0 Å². The Morgan fingerprint density at radius 2 is 1.89 bits per heavy atom. The van der Waals surface area contributed by atoms with Gasteiger partial charge in [-0.2, -0.15) is 0 Å². The van der Waals surface area contributed by atoms with Gasteiger partial charge >= 0.3 is 0 Å². The number of hydrogen-bond acceptors (Lipinski definition) is 3. The summed E-state index contributed by atoms with van der Waals surface area (Å²) in [6, 6.07) is 5.03. The third kappa shape index (κ3) is 3.45. The van der Waals surface area contributed by atoms with Gasteiger partial charge in [0.15, 0.2) is 0 Å². The van der Waals surface area contributed by atoms with Crippen LogP contribution in [0.3, 0.4) is 0 Å². The summed E-state index contributed by atoms with van der Waals surface area (Å²) >= 11 is 0. The fourth-order valence-electron chi connectivity index (χ4n) is 1.84. The minimum Gasteiger partial charge on any atom is -0.356 e. The van der Waals surface area contributed by atoms with Gasteiger partial charge in [0.1, 0.15) is 5.82 Å². The second-order valence-electron chi connectivity index (χ2n) is 6.11. The fourth-order valence-corrected chi connectivity index (χ4v) is 1.84. The van der Waals surface area contributed by atoms with Crippen LogP contribution >= 0.6 is 0 Å². The minimum atomic E-state index is 0.237. The topological polar surface area (TPSA) is 28.2 Å². The van der Waals surface area contributed by atoms with E-state index in [-0.39, 0.29) is 5.41 Å². The van der Waals surface area contributed by atoms with Crippen LogP contribution in [0.1, 0.15) is 46.2 Å². The molecule has 18 heavy (non-hydrogen) atoms. The van der Waals surface area contributed by atoms with Crippen LogP contribution in [0.15, 0.2) is 18.3 Å². The van der Waals surface area contributed by atoms with E-state index in [1.165, 1.54) is 5.56 Å². The van der Waals surface area contributed by atoms with Gasteiger partial charge in [-0.1, -0.05) is 20.8 Å². The summed E-state index contributed by atoms with van der Waals surface area (Å²) in [6.07, 6.45) is 1.89. The van der Waals surface area contributed by atoms with Crippen LogP contribution in [0.2, 0.25) is 0 Å². The minimum absolute atomic E-state index is 0.237. The number of aromatic nitrogens is 1. The van der Waals surface area contributed by atoms with Gasteiger partial charge in [-0.25, -0.2) is 4.98 Å². The maximum atomic E-state index is 4.49. The molecule has 0 aliphatic heterocycles. The van der Waals surface area contributed by atoms with Gasteiger partial charge in [-0.15, -0.1) is 0 Å². The molecule has 0 saturated carbocycles. The summed E-state index contributed by atoms with van der Waals surface area (Å²) in [5.41, 5.74) is 1.51. The normalized spacial score (nSPS) is 15.3. The molecule has 0 spiro atoms. The quantitative estimate of drug-likeness (QED) is 0.888. The molecule has 2 unspecified atom stereocenters. The number of pyridine rings is 1. The van der Waals surface area contributed by atoms with Crippen LogP contribution in [0.5, 0.6) is 0 Å². The molecule has 0 aromatic carbocycles. The van der Waals surface area contributed by atoms with E-state index in [0.717, 1.165) is 5.82 Å². The Hall–Kier alpha value is -1.09. The van der Waals surface area contributed by atoms with Crippen molar-refractivity contribution in [3.05, 3.63) is 23.9 Å². The van der Waals surface area contributed by atoms with E-state index < -0.39 is 0 Å². The van der Waals surface area contributed by atoms with E-state index in [0.29, 0.717) is 12.1 Å². The third-order valence-electron chi connectivity index (χ3n) is 3.90. The summed E-state index contributed by atoms with van der Waals surface area (Å²) in [4.78, 5) is 6.74. The highest BCUT2D eigenvalue weighted by molar-refractivity contribution is 5.42. The average Bonchev–Trinajstić information content (AvgIpc) is 2.35. The van der Waals surface area contributed by atoms with Crippen LogP contribution in [0.4, 0.5) is 5.82 Å². The van der Waals surface area contributed by atoms with Crippen molar-refractivity contribution in [1.82, 2.24) is 10.3 Å². The number of hydrogen-bond donors (Lipinski definition) is 1. The summed E-state index contributed by atoms with van der Waals surface area (Å²) in [5.74, 6) is 1.04. The SMILES string of the molecule is CNC(C)c1ccnc(N(C)C(C)C(C)(C)C)c1. The fraction of sp³-hybridized carbons (Fsp3) is 0.667. The molecule has 0 saturated heterocycles. The zero-order valence-electron chi connectivity index (χ0n) is 12.8. The molecular formula is C15H27N3. The maximum Gasteiger partial charge on any atom is 0.128 e. The van der Waals surface area contributed by atoms with Gasteiger partial charge in [0.25, 0.3) is 0 Å². The van der Waals surface area contributed by atoms with Crippen molar-refractivity contribution in [3.8, 4) is 0 Å². The third-order valence-corrected chi connectivity index (χ3v) is 3.90. The van der Waals surface area contributed by atoms with Crippen molar-refractivity contribution in [2.45, 2.75) is 46.7 Å². The second-order valence-corrected chi connectivity index (χ2v) is 6.11. The molecule has 1 heterocycles. The Kier molecular flexibility index (Phi) is 4.74. The van der Waals surface area contributed by atoms with Crippen LogP contribution in [-0.4, -0.2) is 25.1 Å². The molecule has 0 bridgehead atoms. The van der Waals surface area contributed by atoms with Crippen molar-refractivity contribution in [1.29, 1.82) is 0 Å². The first kappa shape index (κ1) is 15.0. The predicted octanol–water partition coefficient (Wildman–Crippen LogP) is 3.23. The average molecular weight is 249 g/mol. The van der Waals surface area contributed by atoms with Crippen LogP contribution in [-0.2, 0) is 0 Å². The van der Waals surface area contributed by atoms with Crippen molar-refractivity contribution >= 4 is 5.82 Å². The molecule has 2 atom stereocenters. The van der Waals surface area contributed by atoms with E-state index in [1.54, 1.807) is 0 Å². The first-order valence-electron chi connectivity index (χ1n) is 6.63. The van der Waals surface area contributed by atoms with Gasteiger partial charge in [0.05, 0.1) is 0 Å². The van der Waals surface area contributed by atoms with Crippen molar-refractivity contribution in [3.63, 3.8) is 0 Å². The zero-order chi connectivity index (χ0) is 13.9. The smallest absolute Gasteiger partial charge is 0.128 e. The highest BCUT2D eigenvalue weighted by atomic mass is 15.2. The summed E-state index contributed by atoms with van der Waals surface area (Å²) < 4.78 is 0. The lowest BCUT2D eigenvalue weighted by molar-refractivity contribution is 0.328. The molecule has 3 heteroatoms. The molecule has 0 fully saturated rings. The van der Waals surface area contributed by atoms with Crippen molar-refractivity contribution in [2.75, 3.05) is 19.0 Å². The van der Waals surface area contributed by atoms with Gasteiger partial charge in [-0.05, 0) is 44.0 Å². The first-order valence-corrected chi connectivity index (χ1v) is 6.63. The summed E-state index contributed by atoms with van der Waals surface area (Å²) in [5, 5.41) is 3.26. The molecule has 0 radical (unpaired) electrons. The van der Waals surface area contributed by atoms with Gasteiger partial charge in [0, 0.05) is 25.3 Å². The van der Waals surface area contributed by atoms with Crippen LogP contribution in [0, 0.1) is 5.41 Å². The standard InChI is InChI=1S/C15H27N3/c1-11(16-6)13-8-9-17-14(10-13)18(7)12(2)15(3,4)5/h8-12,16H,1-7H3. The summed E-state index contributed by atoms with van der Waals surface area (Å²) in [7, 11) is 4.10. The Bertz CT molecular complexity index is 382. The largest absolute Gasteiger partial charge is 0.356 e. The van der Waals surface area contributed by atoms with Gasteiger partial charge in [0.2, 0.25) is 0 Å². The lowest BCUT2D eigenvalue weighted by atomic mass is 9.87. The Morgan fingerprint density at radius 1 is 1.28 bits per heavy atom. The number of rotatable bonds is 4. The first-order chi connectivity index (χ1) is 8.27. The highest BCUT2D eigenvalue weighted by Crippen LogP contribution is 2.27. The number of nitrogens with one attached hydrogen (secondary N) is 1. The van der Waals surface area contributed by atoms with Gasteiger partial charge in [-0.3, -0.25) is 0 Å². The molecule has 1 rings (SSSR count). The lowest BCUT2D eigenvalue weighted by Gasteiger charge is -2.36. The molecule has 1 N–H and O–H groups in total. The molecular weight excluding hydrogens is 222 g/mol. The Balaban J connectivity index is 2.96. The predicted molar refractivity (Wildman–Crippen MR) is 79.0 cm³/mol. The molecule has 0 aliphatic rings. The molecule has 0 aliphatic carbocycles. The number of anilines is 1. The molecule has 3 nitrogen and oxygen atoms in total. The summed E-state index contributed by atoms with van der Waals surface area (Å²) in [6.45, 7) is 11.2. The van der Waals surface area contributed by atoms with Crippen LogP contribution < -0.4 is 10.2 Å². The molecule has 1 aromatic heterocycles. The van der Waals surface area contributed by atoms with Crippen molar-refractivity contribution < 1.29 is 0 Å². The maximum absolute atomic E-state index is 4.49. The highest BCUT2D eigenvalue weighted by Gasteiger charge is 2.24. The molecule has 0 amide bonds. The van der Waals surface area contributed by atoms with Crippen molar-refractivity contribution in [2.24, 2.45) is 5.41 Å². The Labute approximate surface area is 112 Å².